The fourth-order valence-electron chi connectivity index (χ4n) is 4.83. The number of carbonyl (C=O) groups excluding carboxylic acids is 1. The molecular formula is C29H27ClN6O2. The second kappa shape index (κ2) is 10.3. The van der Waals surface area contributed by atoms with Crippen molar-refractivity contribution < 1.29 is 9.32 Å². The molecule has 1 aliphatic rings. The first-order valence-electron chi connectivity index (χ1n) is 12.8. The van der Waals surface area contributed by atoms with Crippen LogP contribution in [0.3, 0.4) is 0 Å². The van der Waals surface area contributed by atoms with Crippen molar-refractivity contribution in [2.45, 2.75) is 19.8 Å². The van der Waals surface area contributed by atoms with Gasteiger partial charge in [-0.1, -0.05) is 60.1 Å². The van der Waals surface area contributed by atoms with E-state index in [2.05, 4.69) is 57.6 Å². The molecule has 0 spiro atoms. The van der Waals surface area contributed by atoms with E-state index in [9.17, 15) is 4.79 Å². The van der Waals surface area contributed by atoms with Gasteiger partial charge in [0.1, 0.15) is 22.7 Å². The van der Waals surface area contributed by atoms with Gasteiger partial charge < -0.3 is 19.6 Å². The number of urea groups is 1. The van der Waals surface area contributed by atoms with Crippen molar-refractivity contribution in [3.05, 3.63) is 77.6 Å². The van der Waals surface area contributed by atoms with E-state index in [1.807, 2.05) is 17.0 Å². The van der Waals surface area contributed by atoms with E-state index in [4.69, 9.17) is 21.1 Å². The summed E-state index contributed by atoms with van der Waals surface area (Å²) in [5.74, 6) is 1.54. The fraction of sp³-hybridized carbons (Fsp3) is 0.241. The van der Waals surface area contributed by atoms with Gasteiger partial charge >= 0.3 is 6.03 Å². The second-order valence-corrected chi connectivity index (χ2v) is 9.83. The molecule has 8 nitrogen and oxygen atoms in total. The first-order valence-corrected chi connectivity index (χ1v) is 13.2. The van der Waals surface area contributed by atoms with Gasteiger partial charge in [0.25, 0.3) is 5.71 Å². The summed E-state index contributed by atoms with van der Waals surface area (Å²) in [6, 6.07) is 21.5. The number of aromatic nitrogens is 3. The number of hydrogen-bond donors (Lipinski definition) is 1. The summed E-state index contributed by atoms with van der Waals surface area (Å²) in [6.07, 6.45) is 1.67. The van der Waals surface area contributed by atoms with Crippen molar-refractivity contribution in [1.82, 2.24) is 20.0 Å². The summed E-state index contributed by atoms with van der Waals surface area (Å²) in [4.78, 5) is 26.5. The van der Waals surface area contributed by atoms with Crippen molar-refractivity contribution >= 4 is 51.0 Å². The first-order chi connectivity index (χ1) is 18.6. The number of halogens is 1. The number of nitrogens with one attached hydrogen (secondary N) is 1. The lowest BCUT2D eigenvalue weighted by atomic mass is 10.0. The molecule has 2 amide bonds. The van der Waals surface area contributed by atoms with Crippen LogP contribution < -0.4 is 10.2 Å². The van der Waals surface area contributed by atoms with Crippen LogP contribution >= 0.6 is 11.6 Å². The highest BCUT2D eigenvalue weighted by molar-refractivity contribution is 6.30. The van der Waals surface area contributed by atoms with Crippen LogP contribution in [-0.4, -0.2) is 52.2 Å². The molecule has 1 saturated heterocycles. The Morgan fingerprint density at radius 3 is 2.50 bits per heavy atom. The summed E-state index contributed by atoms with van der Waals surface area (Å²) < 4.78 is 5.76. The van der Waals surface area contributed by atoms with Crippen molar-refractivity contribution in [2.75, 3.05) is 36.4 Å². The van der Waals surface area contributed by atoms with Crippen LogP contribution in [0.4, 0.5) is 16.3 Å². The van der Waals surface area contributed by atoms with Crippen molar-refractivity contribution in [1.29, 1.82) is 0 Å². The Labute approximate surface area is 225 Å². The van der Waals surface area contributed by atoms with E-state index in [-0.39, 0.29) is 6.03 Å². The molecule has 0 unspecified atom stereocenters. The van der Waals surface area contributed by atoms with Crippen LogP contribution in [0, 0.1) is 0 Å². The molecule has 6 rings (SSSR count). The van der Waals surface area contributed by atoms with Crippen molar-refractivity contribution in [3.8, 4) is 11.3 Å². The Morgan fingerprint density at radius 1 is 0.974 bits per heavy atom. The third-order valence-corrected chi connectivity index (χ3v) is 7.07. The van der Waals surface area contributed by atoms with Crippen LogP contribution in [0.1, 0.15) is 19.2 Å². The Hall–Kier alpha value is -4.17. The summed E-state index contributed by atoms with van der Waals surface area (Å²) in [5.41, 5.74) is 2.89. The number of carbonyl (C=O) groups is 1. The molecule has 0 atom stereocenters. The van der Waals surface area contributed by atoms with Gasteiger partial charge in [0.2, 0.25) is 0 Å². The monoisotopic (exact) mass is 526 g/mol. The van der Waals surface area contributed by atoms with Crippen LogP contribution in [0.5, 0.6) is 0 Å². The smallest absolute Gasteiger partial charge is 0.321 e. The molecule has 0 aliphatic carbocycles. The normalized spacial score (nSPS) is 13.8. The molecule has 1 aliphatic heterocycles. The van der Waals surface area contributed by atoms with E-state index < -0.39 is 0 Å². The van der Waals surface area contributed by atoms with Gasteiger partial charge in [-0.05, 0) is 47.5 Å². The minimum absolute atomic E-state index is 0.131. The highest BCUT2D eigenvalue weighted by Crippen LogP contribution is 2.35. The van der Waals surface area contributed by atoms with Crippen LogP contribution in [0.25, 0.3) is 33.1 Å². The molecule has 0 saturated carbocycles. The topological polar surface area (TPSA) is 87.4 Å². The van der Waals surface area contributed by atoms with E-state index in [1.165, 1.54) is 5.39 Å². The van der Waals surface area contributed by atoms with Crippen molar-refractivity contribution in [3.63, 3.8) is 0 Å². The summed E-state index contributed by atoms with van der Waals surface area (Å²) in [6.45, 7) is 4.49. The molecule has 3 heterocycles. The number of nitrogens with zero attached hydrogens (tertiary/aromatic N) is 5. The molecule has 2 aromatic heterocycles. The second-order valence-electron chi connectivity index (χ2n) is 9.40. The maximum absolute atomic E-state index is 12.9. The van der Waals surface area contributed by atoms with E-state index >= 15 is 0 Å². The number of rotatable bonds is 5. The summed E-state index contributed by atoms with van der Waals surface area (Å²) >= 11 is 5.96. The van der Waals surface area contributed by atoms with Gasteiger partial charge in [-0.3, -0.25) is 0 Å². The number of aryl methyl sites for hydroxylation is 1. The van der Waals surface area contributed by atoms with Crippen LogP contribution in [0.2, 0.25) is 5.02 Å². The standard InChI is InChI=1S/C29H27ClN6O2/c1-2-5-24-32-27(35-14-16-36(17-15-35)29(37)31-23-12-10-22(30)11-13-23)25-26(34-38-28(25)33-24)21-9-8-19-6-3-4-7-20(19)18-21/h3-4,6-13,18H,2,5,14-17H2,1H3,(H,31,37). The van der Waals surface area contributed by atoms with Crippen LogP contribution in [-0.2, 0) is 6.42 Å². The largest absolute Gasteiger partial charge is 0.352 e. The number of benzene rings is 3. The molecule has 38 heavy (non-hydrogen) atoms. The molecule has 1 fully saturated rings. The first kappa shape index (κ1) is 24.2. The highest BCUT2D eigenvalue weighted by Gasteiger charge is 2.27. The molecule has 192 valence electrons. The third kappa shape index (κ3) is 4.75. The lowest BCUT2D eigenvalue weighted by Gasteiger charge is -2.35. The average molecular weight is 527 g/mol. The zero-order valence-corrected chi connectivity index (χ0v) is 21.8. The molecular weight excluding hydrogens is 500 g/mol. The predicted molar refractivity (Wildman–Crippen MR) is 151 cm³/mol. The predicted octanol–water partition coefficient (Wildman–Crippen LogP) is 6.40. The lowest BCUT2D eigenvalue weighted by molar-refractivity contribution is 0.208. The number of fused-ring (bicyclic) bond motifs is 2. The third-order valence-electron chi connectivity index (χ3n) is 6.82. The number of piperazine rings is 1. The molecule has 0 bridgehead atoms. The SMILES string of the molecule is CCCc1nc(N2CCN(C(=O)Nc3ccc(Cl)cc3)CC2)c2c(-c3ccc4ccccc4c3)noc2n1. The fourth-order valence-corrected chi connectivity index (χ4v) is 4.96. The van der Waals surface area contributed by atoms with Gasteiger partial charge in [0, 0.05) is 48.9 Å². The van der Waals surface area contributed by atoms with Crippen molar-refractivity contribution in [2.24, 2.45) is 0 Å². The number of anilines is 2. The van der Waals surface area contributed by atoms with Crippen LogP contribution in [0.15, 0.2) is 71.3 Å². The van der Waals surface area contributed by atoms with Gasteiger partial charge in [0.15, 0.2) is 0 Å². The minimum atomic E-state index is -0.131. The summed E-state index contributed by atoms with van der Waals surface area (Å²) in [7, 11) is 0. The zero-order chi connectivity index (χ0) is 26.1. The average Bonchev–Trinajstić information content (AvgIpc) is 3.38. The van der Waals surface area contributed by atoms with Gasteiger partial charge in [0.05, 0.1) is 0 Å². The van der Waals surface area contributed by atoms with E-state index in [0.29, 0.717) is 42.6 Å². The zero-order valence-electron chi connectivity index (χ0n) is 21.0. The Kier molecular flexibility index (Phi) is 6.55. The Bertz CT molecular complexity index is 1610. The molecule has 5 aromatic rings. The van der Waals surface area contributed by atoms with Gasteiger partial charge in [-0.25, -0.2) is 9.78 Å². The highest BCUT2D eigenvalue weighted by atomic mass is 35.5. The maximum atomic E-state index is 12.9. The van der Waals surface area contributed by atoms with Gasteiger partial charge in [-0.2, -0.15) is 4.98 Å². The Morgan fingerprint density at radius 2 is 1.74 bits per heavy atom. The Balaban J connectivity index is 1.29. The number of amides is 2. The van der Waals surface area contributed by atoms with E-state index in [0.717, 1.165) is 46.5 Å². The molecule has 9 heteroatoms. The number of hydrogen-bond acceptors (Lipinski definition) is 6. The molecule has 1 N–H and O–H groups in total. The molecule has 3 aromatic carbocycles. The minimum Gasteiger partial charge on any atom is -0.352 e. The van der Waals surface area contributed by atoms with E-state index in [1.54, 1.807) is 24.3 Å². The van der Waals surface area contributed by atoms with Gasteiger partial charge in [-0.15, -0.1) is 0 Å². The lowest BCUT2D eigenvalue weighted by Crippen LogP contribution is -2.50. The summed E-state index contributed by atoms with van der Waals surface area (Å²) in [5, 5.41) is 11.1. The maximum Gasteiger partial charge on any atom is 0.321 e. The quantitative estimate of drug-likeness (QED) is 0.285. The molecule has 0 radical (unpaired) electrons.